The number of nitrogens with two attached hydrogens (primary N) is 1. The van der Waals surface area contributed by atoms with E-state index in [4.69, 9.17) is 10.5 Å². The molecule has 0 aliphatic carbocycles. The second-order valence-corrected chi connectivity index (χ2v) is 10.4. The van der Waals surface area contributed by atoms with Crippen molar-refractivity contribution in [3.63, 3.8) is 0 Å². The first-order chi connectivity index (χ1) is 14.4. The molecule has 0 saturated carbocycles. The largest absolute Gasteiger partial charge is 0.467 e. The van der Waals surface area contributed by atoms with E-state index >= 15 is 0 Å². The van der Waals surface area contributed by atoms with Crippen molar-refractivity contribution in [2.24, 2.45) is 0 Å². The second kappa shape index (κ2) is 10.4. The SMILES string of the molecule is COC(=O)C(F)Cc1cc(Br)c(Oc2ccc(NC(=O)CS(C)(=O)=O)c(N)c2)c(Br)c1. The molecule has 31 heavy (non-hydrogen) atoms. The fraction of sp³-hybridized carbons (Fsp3) is 0.263. The third-order valence-corrected chi connectivity index (χ3v) is 5.80. The van der Waals surface area contributed by atoms with E-state index in [-0.39, 0.29) is 17.8 Å². The lowest BCUT2D eigenvalue weighted by Gasteiger charge is -2.14. The first-order valence-electron chi connectivity index (χ1n) is 8.64. The lowest BCUT2D eigenvalue weighted by molar-refractivity contribution is -0.146. The Morgan fingerprint density at radius 1 is 1.19 bits per heavy atom. The van der Waals surface area contributed by atoms with E-state index in [9.17, 15) is 22.4 Å². The van der Waals surface area contributed by atoms with Crippen LogP contribution in [-0.2, 0) is 30.6 Å². The summed E-state index contributed by atoms with van der Waals surface area (Å²) in [4.78, 5) is 23.0. The summed E-state index contributed by atoms with van der Waals surface area (Å²) in [5.74, 6) is -1.60. The van der Waals surface area contributed by atoms with Gasteiger partial charge in [-0.15, -0.1) is 0 Å². The first-order valence-corrected chi connectivity index (χ1v) is 12.3. The van der Waals surface area contributed by atoms with Gasteiger partial charge in [0, 0.05) is 18.7 Å². The molecule has 1 amide bonds. The fourth-order valence-electron chi connectivity index (χ4n) is 2.51. The number of ether oxygens (including phenoxy) is 2. The number of hydrogen-bond acceptors (Lipinski definition) is 7. The Labute approximate surface area is 195 Å². The second-order valence-electron chi connectivity index (χ2n) is 6.55. The molecule has 1 unspecified atom stereocenters. The van der Waals surface area contributed by atoms with Crippen LogP contribution in [0, 0.1) is 0 Å². The van der Waals surface area contributed by atoms with Crippen LogP contribution < -0.4 is 15.8 Å². The zero-order valence-electron chi connectivity index (χ0n) is 16.4. The molecule has 0 saturated heterocycles. The minimum absolute atomic E-state index is 0.168. The van der Waals surface area contributed by atoms with E-state index in [0.717, 1.165) is 13.4 Å². The van der Waals surface area contributed by atoms with Gasteiger partial charge in [0.05, 0.1) is 27.4 Å². The highest BCUT2D eigenvalue weighted by molar-refractivity contribution is 9.11. The predicted molar refractivity (Wildman–Crippen MR) is 122 cm³/mol. The number of esters is 1. The summed E-state index contributed by atoms with van der Waals surface area (Å²) >= 11 is 6.71. The van der Waals surface area contributed by atoms with Gasteiger partial charge in [-0.25, -0.2) is 17.6 Å². The van der Waals surface area contributed by atoms with Crippen LogP contribution in [0.15, 0.2) is 39.3 Å². The van der Waals surface area contributed by atoms with Crippen LogP contribution in [0.2, 0.25) is 0 Å². The molecule has 0 aliphatic rings. The van der Waals surface area contributed by atoms with Crippen molar-refractivity contribution in [3.05, 3.63) is 44.8 Å². The van der Waals surface area contributed by atoms with Crippen LogP contribution in [0.5, 0.6) is 11.5 Å². The fourth-order valence-corrected chi connectivity index (χ4v) is 4.50. The number of carbonyl (C=O) groups excluding carboxylic acids is 2. The van der Waals surface area contributed by atoms with Crippen LogP contribution in [0.4, 0.5) is 15.8 Å². The molecule has 8 nitrogen and oxygen atoms in total. The van der Waals surface area contributed by atoms with Crippen molar-refractivity contribution in [1.82, 2.24) is 0 Å². The molecule has 0 heterocycles. The molecule has 1 atom stereocenters. The maximum atomic E-state index is 13.8. The summed E-state index contributed by atoms with van der Waals surface area (Å²) in [5.41, 5.74) is 6.88. The number of hydrogen-bond donors (Lipinski definition) is 2. The van der Waals surface area contributed by atoms with E-state index in [1.165, 1.54) is 18.2 Å². The number of halogens is 3. The van der Waals surface area contributed by atoms with E-state index < -0.39 is 33.6 Å². The molecule has 0 bridgehead atoms. The van der Waals surface area contributed by atoms with Crippen molar-refractivity contribution in [2.75, 3.05) is 30.2 Å². The highest BCUT2D eigenvalue weighted by Gasteiger charge is 2.20. The minimum Gasteiger partial charge on any atom is -0.467 e. The zero-order chi connectivity index (χ0) is 23.3. The molecular weight excluding hydrogens is 563 g/mol. The van der Waals surface area contributed by atoms with Gasteiger partial charge in [0.2, 0.25) is 12.1 Å². The molecule has 0 radical (unpaired) electrons. The monoisotopic (exact) mass is 580 g/mol. The average Bonchev–Trinajstić information content (AvgIpc) is 2.64. The predicted octanol–water partition coefficient (Wildman–Crippen LogP) is 3.62. The van der Waals surface area contributed by atoms with E-state index in [2.05, 4.69) is 41.9 Å². The van der Waals surface area contributed by atoms with Crippen molar-refractivity contribution in [2.45, 2.75) is 12.6 Å². The number of anilines is 2. The molecule has 0 aromatic heterocycles. The molecule has 2 rings (SSSR count). The molecular formula is C19H19Br2FN2O6S. The Morgan fingerprint density at radius 2 is 1.81 bits per heavy atom. The summed E-state index contributed by atoms with van der Waals surface area (Å²) in [7, 11) is -2.35. The highest BCUT2D eigenvalue weighted by Crippen LogP contribution is 2.39. The van der Waals surface area contributed by atoms with Gasteiger partial charge in [-0.2, -0.15) is 0 Å². The van der Waals surface area contributed by atoms with Crippen LogP contribution in [0.25, 0.3) is 0 Å². The van der Waals surface area contributed by atoms with E-state index in [0.29, 0.717) is 26.0 Å². The van der Waals surface area contributed by atoms with Gasteiger partial charge in [0.1, 0.15) is 11.5 Å². The molecule has 0 fully saturated rings. The number of carbonyl (C=O) groups is 2. The molecule has 168 valence electrons. The molecule has 0 spiro atoms. The van der Waals surface area contributed by atoms with Crippen molar-refractivity contribution in [3.8, 4) is 11.5 Å². The average molecular weight is 582 g/mol. The molecule has 12 heteroatoms. The van der Waals surface area contributed by atoms with Gasteiger partial charge in [0.15, 0.2) is 15.6 Å². The van der Waals surface area contributed by atoms with Gasteiger partial charge in [-0.3, -0.25) is 4.79 Å². The highest BCUT2D eigenvalue weighted by atomic mass is 79.9. The van der Waals surface area contributed by atoms with Crippen molar-refractivity contribution >= 4 is 64.9 Å². The normalized spacial score (nSPS) is 12.2. The van der Waals surface area contributed by atoms with Gasteiger partial charge in [-0.1, -0.05) is 0 Å². The van der Waals surface area contributed by atoms with Crippen LogP contribution >= 0.6 is 31.9 Å². The maximum Gasteiger partial charge on any atom is 0.340 e. The Morgan fingerprint density at radius 3 is 2.32 bits per heavy atom. The van der Waals surface area contributed by atoms with Crippen LogP contribution in [-0.4, -0.2) is 45.6 Å². The third-order valence-electron chi connectivity index (χ3n) is 3.84. The van der Waals surface area contributed by atoms with Crippen LogP contribution in [0.1, 0.15) is 5.56 Å². The molecule has 2 aromatic rings. The molecule has 3 N–H and O–H groups in total. The Hall–Kier alpha value is -2.18. The summed E-state index contributed by atoms with van der Waals surface area (Å²) in [5, 5.41) is 2.43. The number of nitrogens with one attached hydrogen (secondary N) is 1. The lowest BCUT2D eigenvalue weighted by atomic mass is 10.1. The quantitative estimate of drug-likeness (QED) is 0.360. The van der Waals surface area contributed by atoms with Crippen LogP contribution in [0.3, 0.4) is 0 Å². The van der Waals surface area contributed by atoms with E-state index in [1.807, 2.05) is 0 Å². The maximum absolute atomic E-state index is 13.8. The number of sulfone groups is 1. The zero-order valence-corrected chi connectivity index (χ0v) is 20.4. The number of methoxy groups -OCH3 is 1. The lowest BCUT2D eigenvalue weighted by Crippen LogP contribution is -2.22. The Kier molecular flexibility index (Phi) is 8.43. The number of benzene rings is 2. The Balaban J connectivity index is 2.16. The summed E-state index contributed by atoms with van der Waals surface area (Å²) < 4.78 is 47.5. The number of nitrogen functional groups attached to an aromatic ring is 1. The van der Waals surface area contributed by atoms with Gasteiger partial charge < -0.3 is 20.5 Å². The van der Waals surface area contributed by atoms with Crippen molar-refractivity contribution in [1.29, 1.82) is 0 Å². The number of rotatable bonds is 8. The summed E-state index contributed by atoms with van der Waals surface area (Å²) in [6, 6.07) is 7.69. The van der Waals surface area contributed by atoms with E-state index in [1.54, 1.807) is 12.1 Å². The van der Waals surface area contributed by atoms with Gasteiger partial charge in [0.25, 0.3) is 0 Å². The summed E-state index contributed by atoms with van der Waals surface area (Å²) in [6.07, 6.45) is -1.00. The number of alkyl halides is 1. The first kappa shape index (κ1) is 25.1. The smallest absolute Gasteiger partial charge is 0.340 e. The van der Waals surface area contributed by atoms with Crippen molar-refractivity contribution < 1.29 is 31.9 Å². The minimum atomic E-state index is -3.47. The standard InChI is InChI=1S/C19H19Br2FN2O6S/c1-29-19(26)14(22)7-10-5-12(20)18(13(21)6-10)30-11-3-4-16(15(23)8-11)24-17(25)9-31(2,27)28/h3-6,8,14H,7,9,23H2,1-2H3,(H,24,25). The van der Waals surface area contributed by atoms with Gasteiger partial charge >= 0.3 is 5.97 Å². The topological polar surface area (TPSA) is 125 Å². The molecule has 2 aromatic carbocycles. The molecule has 0 aliphatic heterocycles. The summed E-state index contributed by atoms with van der Waals surface area (Å²) in [6.45, 7) is 0. The Bertz CT molecular complexity index is 1090. The third kappa shape index (κ3) is 7.47. The van der Waals surface area contributed by atoms with Gasteiger partial charge in [-0.05, 0) is 61.7 Å². The number of amides is 1.